The maximum absolute atomic E-state index is 5.42. The minimum Gasteiger partial charge on any atom is -1.00 e. The number of ether oxygens (including phenoxy) is 3. The largest absolute Gasteiger partial charge is 1.00 e. The molecule has 3 rings (SSSR count). The van der Waals surface area contributed by atoms with Gasteiger partial charge in [0.25, 0.3) is 0 Å². The first-order valence-electron chi connectivity index (χ1n) is 6.70. The minimum absolute atomic E-state index is 0. The van der Waals surface area contributed by atoms with E-state index in [2.05, 4.69) is 5.32 Å². The zero-order valence-corrected chi connectivity index (χ0v) is 12.5. The maximum atomic E-state index is 5.42. The van der Waals surface area contributed by atoms with Crippen LogP contribution < -0.4 is 31.9 Å². The van der Waals surface area contributed by atoms with Gasteiger partial charge in [0.05, 0.1) is 6.61 Å². The molecule has 1 aliphatic heterocycles. The summed E-state index contributed by atoms with van der Waals surface area (Å²) in [5.74, 6) is 2.52. The lowest BCUT2D eigenvalue weighted by atomic mass is 10.2. The summed E-state index contributed by atoms with van der Waals surface area (Å²) in [6, 6.07) is 13.9. The van der Waals surface area contributed by atoms with Crippen LogP contribution in [0.1, 0.15) is 12.5 Å². The van der Waals surface area contributed by atoms with Gasteiger partial charge in [0.15, 0.2) is 11.5 Å². The molecule has 0 aromatic heterocycles. The summed E-state index contributed by atoms with van der Waals surface area (Å²) in [7, 11) is 0. The zero-order chi connectivity index (χ0) is 13.8. The molecular weight excluding hydrogens is 290 g/mol. The van der Waals surface area contributed by atoms with Crippen molar-refractivity contribution in [2.75, 3.05) is 18.7 Å². The summed E-state index contributed by atoms with van der Waals surface area (Å²) in [6.45, 7) is 3.71. The predicted octanol–water partition coefficient (Wildman–Crippen LogP) is 0.430. The molecule has 1 N–H and O–H groups in total. The lowest BCUT2D eigenvalue weighted by molar-refractivity contribution is -0.00000613. The summed E-state index contributed by atoms with van der Waals surface area (Å²) in [5.41, 5.74) is 2.22. The normalized spacial score (nSPS) is 11.7. The second kappa shape index (κ2) is 7.09. The van der Waals surface area contributed by atoms with Crippen LogP contribution in [0.25, 0.3) is 0 Å². The smallest absolute Gasteiger partial charge is 0.231 e. The third-order valence-electron chi connectivity index (χ3n) is 3.10. The first-order valence-corrected chi connectivity index (χ1v) is 6.70. The fourth-order valence-corrected chi connectivity index (χ4v) is 2.09. The fraction of sp³-hybridized carbons (Fsp3) is 0.250. The van der Waals surface area contributed by atoms with E-state index < -0.39 is 0 Å². The minimum atomic E-state index is 0. The number of halogens is 1. The molecule has 21 heavy (non-hydrogen) atoms. The van der Waals surface area contributed by atoms with Crippen LogP contribution in [0.4, 0.5) is 5.69 Å². The van der Waals surface area contributed by atoms with Gasteiger partial charge in [-0.1, -0.05) is 6.07 Å². The van der Waals surface area contributed by atoms with Gasteiger partial charge in [-0.3, -0.25) is 0 Å². The molecule has 0 atom stereocenters. The highest BCUT2D eigenvalue weighted by molar-refractivity contribution is 5.49. The van der Waals surface area contributed by atoms with Crippen molar-refractivity contribution >= 4 is 5.69 Å². The highest BCUT2D eigenvalue weighted by Crippen LogP contribution is 2.32. The molecule has 4 nitrogen and oxygen atoms in total. The number of fused-ring (bicyclic) bond motifs is 1. The molecule has 5 heteroatoms. The van der Waals surface area contributed by atoms with E-state index in [0.29, 0.717) is 13.4 Å². The van der Waals surface area contributed by atoms with Crippen molar-refractivity contribution in [1.29, 1.82) is 0 Å². The number of hydrogen-bond acceptors (Lipinski definition) is 4. The number of anilines is 1. The average Bonchev–Trinajstić information content (AvgIpc) is 2.94. The highest BCUT2D eigenvalue weighted by Gasteiger charge is 2.12. The second-order valence-electron chi connectivity index (χ2n) is 4.50. The van der Waals surface area contributed by atoms with Gasteiger partial charge in [-0.2, -0.15) is 0 Å². The van der Waals surface area contributed by atoms with Gasteiger partial charge < -0.3 is 31.9 Å². The Hall–Kier alpha value is -2.07. The molecule has 0 aliphatic carbocycles. The van der Waals surface area contributed by atoms with E-state index >= 15 is 0 Å². The molecule has 0 saturated heterocycles. The van der Waals surface area contributed by atoms with Crippen molar-refractivity contribution in [1.82, 2.24) is 0 Å². The van der Waals surface area contributed by atoms with E-state index in [0.717, 1.165) is 35.0 Å². The van der Waals surface area contributed by atoms with Gasteiger partial charge in [0.1, 0.15) is 5.75 Å². The fourth-order valence-electron chi connectivity index (χ4n) is 2.09. The number of hydrogen-bond donors (Lipinski definition) is 1. The van der Waals surface area contributed by atoms with Crippen LogP contribution in [0.15, 0.2) is 42.5 Å². The Morgan fingerprint density at radius 2 is 1.81 bits per heavy atom. The van der Waals surface area contributed by atoms with Crippen molar-refractivity contribution < 1.29 is 26.6 Å². The SMILES string of the molecule is CCOc1ccc(NCc2ccc3c(c2)OCO3)cc1.[Cl-]. The molecule has 0 saturated carbocycles. The van der Waals surface area contributed by atoms with Crippen LogP contribution in [0.5, 0.6) is 17.2 Å². The molecule has 0 spiro atoms. The van der Waals surface area contributed by atoms with Gasteiger partial charge in [-0.25, -0.2) is 0 Å². The molecular formula is C16H17ClNO3-. The topological polar surface area (TPSA) is 39.7 Å². The zero-order valence-electron chi connectivity index (χ0n) is 11.8. The summed E-state index contributed by atoms with van der Waals surface area (Å²) in [6.07, 6.45) is 0. The monoisotopic (exact) mass is 306 g/mol. The second-order valence-corrected chi connectivity index (χ2v) is 4.50. The van der Waals surface area contributed by atoms with E-state index in [9.17, 15) is 0 Å². The average molecular weight is 307 g/mol. The van der Waals surface area contributed by atoms with E-state index in [-0.39, 0.29) is 12.4 Å². The van der Waals surface area contributed by atoms with Crippen LogP contribution in [-0.2, 0) is 6.54 Å². The van der Waals surface area contributed by atoms with E-state index in [4.69, 9.17) is 14.2 Å². The van der Waals surface area contributed by atoms with Gasteiger partial charge in [0.2, 0.25) is 6.79 Å². The third-order valence-corrected chi connectivity index (χ3v) is 3.10. The van der Waals surface area contributed by atoms with Crippen molar-refractivity contribution in [3.63, 3.8) is 0 Å². The summed E-state index contributed by atoms with van der Waals surface area (Å²) < 4.78 is 16.1. The van der Waals surface area contributed by atoms with Crippen LogP contribution in [0.3, 0.4) is 0 Å². The summed E-state index contributed by atoms with van der Waals surface area (Å²) in [4.78, 5) is 0. The van der Waals surface area contributed by atoms with Gasteiger partial charge in [-0.05, 0) is 48.9 Å². The quantitative estimate of drug-likeness (QED) is 0.870. The third kappa shape index (κ3) is 3.73. The summed E-state index contributed by atoms with van der Waals surface area (Å²) >= 11 is 0. The Labute approximate surface area is 130 Å². The molecule has 0 bridgehead atoms. The number of benzene rings is 2. The lowest BCUT2D eigenvalue weighted by Gasteiger charge is -2.08. The van der Waals surface area contributed by atoms with Gasteiger partial charge in [0, 0.05) is 12.2 Å². The van der Waals surface area contributed by atoms with Crippen molar-refractivity contribution in [2.45, 2.75) is 13.5 Å². The predicted molar refractivity (Wildman–Crippen MR) is 77.5 cm³/mol. The van der Waals surface area contributed by atoms with Gasteiger partial charge in [-0.15, -0.1) is 0 Å². The van der Waals surface area contributed by atoms with E-state index in [1.165, 1.54) is 0 Å². The van der Waals surface area contributed by atoms with E-state index in [1.807, 2.05) is 49.4 Å². The van der Waals surface area contributed by atoms with Crippen molar-refractivity contribution in [2.24, 2.45) is 0 Å². The Bertz CT molecular complexity index is 587. The summed E-state index contributed by atoms with van der Waals surface area (Å²) in [5, 5.41) is 3.37. The van der Waals surface area contributed by atoms with Crippen LogP contribution in [0, 0.1) is 0 Å². The maximum Gasteiger partial charge on any atom is 0.231 e. The number of nitrogens with one attached hydrogen (secondary N) is 1. The lowest BCUT2D eigenvalue weighted by Crippen LogP contribution is -3.00. The van der Waals surface area contributed by atoms with Crippen LogP contribution >= 0.6 is 0 Å². The number of rotatable bonds is 5. The Balaban J connectivity index is 0.00000161. The molecule has 1 aliphatic rings. The Kier molecular flexibility index (Phi) is 5.17. The Morgan fingerprint density at radius 3 is 2.57 bits per heavy atom. The molecule has 112 valence electrons. The van der Waals surface area contributed by atoms with Crippen LogP contribution in [-0.4, -0.2) is 13.4 Å². The Morgan fingerprint density at radius 1 is 1.05 bits per heavy atom. The van der Waals surface area contributed by atoms with Crippen molar-refractivity contribution in [3.05, 3.63) is 48.0 Å². The molecule has 0 unspecified atom stereocenters. The molecule has 0 fully saturated rings. The first-order chi connectivity index (χ1) is 9.85. The van der Waals surface area contributed by atoms with Crippen LogP contribution in [0.2, 0.25) is 0 Å². The first kappa shape index (κ1) is 15.3. The molecule has 2 aromatic carbocycles. The molecule has 1 heterocycles. The molecule has 2 aromatic rings. The molecule has 0 amide bonds. The van der Waals surface area contributed by atoms with Crippen molar-refractivity contribution in [3.8, 4) is 17.2 Å². The van der Waals surface area contributed by atoms with Gasteiger partial charge >= 0.3 is 0 Å². The van der Waals surface area contributed by atoms with E-state index in [1.54, 1.807) is 0 Å². The highest BCUT2D eigenvalue weighted by atomic mass is 35.5. The standard InChI is InChI=1S/C16H17NO3.ClH/c1-2-18-14-6-4-13(5-7-14)17-10-12-3-8-15-16(9-12)20-11-19-15;/h3-9,17H,2,10-11H2,1H3;1H/p-1. The molecule has 0 radical (unpaired) electrons.